The van der Waals surface area contributed by atoms with Gasteiger partial charge in [-0.2, -0.15) is 0 Å². The highest BCUT2D eigenvalue weighted by Gasteiger charge is 2.34. The number of benzene rings is 2. The second-order valence-corrected chi connectivity index (χ2v) is 19.4. The fourth-order valence-corrected chi connectivity index (χ4v) is 9.77. The van der Waals surface area contributed by atoms with Crippen LogP contribution in [0.5, 0.6) is 0 Å². The number of likely N-dealkylation sites (N-methyl/N-ethyl adjacent to an activating group) is 2. The van der Waals surface area contributed by atoms with E-state index in [0.29, 0.717) is 25.7 Å². The normalized spacial score (nSPS) is 19.0. The van der Waals surface area contributed by atoms with Crippen LogP contribution in [-0.4, -0.2) is 85.3 Å². The number of anilines is 4. The van der Waals surface area contributed by atoms with Crippen LogP contribution in [0, 0.1) is 11.8 Å². The van der Waals surface area contributed by atoms with Crippen LogP contribution in [0.1, 0.15) is 167 Å². The minimum absolute atomic E-state index is 0.0301. The summed E-state index contributed by atoms with van der Waals surface area (Å²) in [5, 5.41) is 31.9. The van der Waals surface area contributed by atoms with Crippen LogP contribution in [0.25, 0.3) is 0 Å². The first-order valence-corrected chi connectivity index (χ1v) is 25.0. The molecule has 0 aliphatic carbocycles. The molecule has 64 heavy (non-hydrogen) atoms. The van der Waals surface area contributed by atoms with E-state index in [9.17, 15) is 29.4 Å². The molecule has 0 radical (unpaired) electrons. The Morgan fingerprint density at radius 3 is 1.12 bits per heavy atom. The van der Waals surface area contributed by atoms with Gasteiger partial charge >= 0.3 is 0 Å². The van der Waals surface area contributed by atoms with Gasteiger partial charge in [-0.1, -0.05) is 130 Å². The van der Waals surface area contributed by atoms with Gasteiger partial charge in [-0.3, -0.25) is 19.2 Å². The number of aliphatic hydroxyl groups is 2. The standard InChI is InChI=1S/C52H84N6O6/c1-37(2)49-51(63)55-43(35-59)33-39-31-41(27-29-45(39)57(49)5)53-47(61)25-23-21-19-17-15-13-11-9-7-8-10-12-14-16-18-20-22-24-26-48(62)54-42-28-30-46-40(32-42)34-44(36-60)56-52(64)50(38(3)4)58(46)6/h27-32,37-38,43-44,49-50,59-60H,7-26,33-36H2,1-6H3,(H,53,61)(H,54,62)(H,55,63)(H,56,64)/t43-,44-,49-,50-/m0/s1. The monoisotopic (exact) mass is 889 g/mol. The van der Waals surface area contributed by atoms with E-state index in [2.05, 4.69) is 21.3 Å². The third kappa shape index (κ3) is 17.0. The molecule has 2 aromatic carbocycles. The number of nitrogens with one attached hydrogen (secondary N) is 4. The van der Waals surface area contributed by atoms with Crippen LogP contribution < -0.4 is 31.1 Å². The van der Waals surface area contributed by atoms with Gasteiger partial charge in [0.05, 0.1) is 25.3 Å². The summed E-state index contributed by atoms with van der Waals surface area (Å²) in [6.07, 6.45) is 23.8. The van der Waals surface area contributed by atoms with Crippen molar-refractivity contribution < 1.29 is 29.4 Å². The first-order chi connectivity index (χ1) is 30.8. The van der Waals surface area contributed by atoms with Crippen molar-refractivity contribution in [1.82, 2.24) is 10.6 Å². The largest absolute Gasteiger partial charge is 0.394 e. The second-order valence-electron chi connectivity index (χ2n) is 19.4. The van der Waals surface area contributed by atoms with Crippen LogP contribution in [0.4, 0.5) is 22.7 Å². The maximum Gasteiger partial charge on any atom is 0.243 e. The van der Waals surface area contributed by atoms with Gasteiger partial charge in [0.2, 0.25) is 23.6 Å². The van der Waals surface area contributed by atoms with Gasteiger partial charge in [-0.25, -0.2) is 0 Å². The van der Waals surface area contributed by atoms with E-state index < -0.39 is 0 Å². The van der Waals surface area contributed by atoms with E-state index in [1.54, 1.807) is 0 Å². The van der Waals surface area contributed by atoms with E-state index in [1.807, 2.05) is 88.0 Å². The average Bonchev–Trinajstić information content (AvgIpc) is 3.24. The van der Waals surface area contributed by atoms with Crippen LogP contribution in [0.15, 0.2) is 36.4 Å². The Morgan fingerprint density at radius 1 is 0.547 bits per heavy atom. The molecule has 2 heterocycles. The Labute approximate surface area is 385 Å². The Kier molecular flexibility index (Phi) is 23.0. The molecule has 12 nitrogen and oxygen atoms in total. The first-order valence-electron chi connectivity index (χ1n) is 25.0. The molecule has 12 heteroatoms. The smallest absolute Gasteiger partial charge is 0.243 e. The van der Waals surface area contributed by atoms with Crippen molar-refractivity contribution >= 4 is 46.4 Å². The zero-order chi connectivity index (χ0) is 46.4. The van der Waals surface area contributed by atoms with E-state index in [4.69, 9.17) is 0 Å². The average molecular weight is 889 g/mol. The van der Waals surface area contributed by atoms with Crippen LogP contribution in [-0.2, 0) is 32.0 Å². The van der Waals surface area contributed by atoms with Gasteiger partial charge in [0.1, 0.15) is 12.1 Å². The molecule has 6 N–H and O–H groups in total. The summed E-state index contributed by atoms with van der Waals surface area (Å²) < 4.78 is 0. The van der Waals surface area contributed by atoms with Crippen molar-refractivity contribution in [1.29, 1.82) is 0 Å². The lowest BCUT2D eigenvalue weighted by molar-refractivity contribution is -0.125. The van der Waals surface area contributed by atoms with Crippen molar-refractivity contribution in [3.63, 3.8) is 0 Å². The maximum absolute atomic E-state index is 12.9. The van der Waals surface area contributed by atoms with Crippen molar-refractivity contribution in [3.05, 3.63) is 47.5 Å². The molecule has 358 valence electrons. The highest BCUT2D eigenvalue weighted by molar-refractivity contribution is 5.93. The van der Waals surface area contributed by atoms with Crippen molar-refractivity contribution in [3.8, 4) is 0 Å². The zero-order valence-corrected chi connectivity index (χ0v) is 40.3. The molecule has 0 aromatic heterocycles. The lowest BCUT2D eigenvalue weighted by Crippen LogP contribution is -2.54. The molecule has 0 spiro atoms. The number of unbranched alkanes of at least 4 members (excludes halogenated alkanes) is 17. The molecule has 2 aromatic rings. The third-order valence-electron chi connectivity index (χ3n) is 13.2. The highest BCUT2D eigenvalue weighted by Crippen LogP contribution is 2.32. The molecular weight excluding hydrogens is 805 g/mol. The summed E-state index contributed by atoms with van der Waals surface area (Å²) in [5.74, 6) is 0.119. The van der Waals surface area contributed by atoms with Crippen LogP contribution >= 0.6 is 0 Å². The molecule has 0 fully saturated rings. The minimum atomic E-state index is -0.358. The van der Waals surface area contributed by atoms with E-state index >= 15 is 0 Å². The van der Waals surface area contributed by atoms with E-state index in [0.717, 1.165) is 59.6 Å². The highest BCUT2D eigenvalue weighted by atomic mass is 16.3. The van der Waals surface area contributed by atoms with Crippen molar-refractivity contribution in [2.24, 2.45) is 11.8 Å². The molecule has 0 saturated carbocycles. The van der Waals surface area contributed by atoms with Gasteiger partial charge in [0.15, 0.2) is 0 Å². The van der Waals surface area contributed by atoms with Crippen molar-refractivity contribution in [2.45, 2.75) is 193 Å². The summed E-state index contributed by atoms with van der Waals surface area (Å²) in [6, 6.07) is 10.4. The second kappa shape index (κ2) is 28.0. The zero-order valence-electron chi connectivity index (χ0n) is 40.3. The lowest BCUT2D eigenvalue weighted by Gasteiger charge is -2.37. The van der Waals surface area contributed by atoms with Gasteiger partial charge in [0, 0.05) is 49.7 Å². The quantitative estimate of drug-likeness (QED) is 0.0484. The number of hydrogen-bond acceptors (Lipinski definition) is 8. The van der Waals surface area contributed by atoms with Crippen LogP contribution in [0.3, 0.4) is 0 Å². The SMILES string of the molecule is CC(C)[C@H]1C(=O)N[C@H](CO)Cc2cc(NC(=O)CCCCCCCCCCCCCCCCCCCCC(=O)Nc3ccc4c(c3)C[C@@H](CO)NC(=O)[C@H](C(C)C)N4C)ccc2N1C. The Hall–Kier alpha value is -4.16. The fourth-order valence-electron chi connectivity index (χ4n) is 9.77. The van der Waals surface area contributed by atoms with Crippen molar-refractivity contribution in [2.75, 3.05) is 47.7 Å². The summed E-state index contributed by atoms with van der Waals surface area (Å²) >= 11 is 0. The minimum Gasteiger partial charge on any atom is -0.394 e. The predicted octanol–water partition coefficient (Wildman–Crippen LogP) is 9.05. The number of carbonyl (C=O) groups is 4. The maximum atomic E-state index is 12.9. The molecular formula is C52H84N6O6. The first kappa shape index (κ1) is 52.5. The number of amides is 4. The van der Waals surface area contributed by atoms with Gasteiger partial charge in [-0.15, -0.1) is 0 Å². The summed E-state index contributed by atoms with van der Waals surface area (Å²) in [4.78, 5) is 55.3. The lowest BCUT2D eigenvalue weighted by atomic mass is 9.95. The van der Waals surface area contributed by atoms with Crippen LogP contribution in [0.2, 0.25) is 0 Å². The Bertz CT molecular complexity index is 1630. The van der Waals surface area contributed by atoms with E-state index in [1.165, 1.54) is 89.9 Å². The summed E-state index contributed by atoms with van der Waals surface area (Å²) in [5.41, 5.74) is 5.44. The molecule has 0 bridgehead atoms. The number of rotatable bonds is 27. The molecule has 0 saturated heterocycles. The molecule has 2 aliphatic heterocycles. The number of hydrogen-bond donors (Lipinski definition) is 6. The Balaban J connectivity index is 0.947. The molecule has 4 rings (SSSR count). The topological polar surface area (TPSA) is 163 Å². The summed E-state index contributed by atoms with van der Waals surface area (Å²) in [7, 11) is 3.87. The summed E-state index contributed by atoms with van der Waals surface area (Å²) in [6.45, 7) is 7.83. The van der Waals surface area contributed by atoms with Gasteiger partial charge in [0.25, 0.3) is 0 Å². The molecule has 2 aliphatic rings. The molecule has 4 atom stereocenters. The molecule has 4 amide bonds. The number of aliphatic hydroxyl groups excluding tert-OH is 2. The number of carbonyl (C=O) groups excluding carboxylic acids is 4. The van der Waals surface area contributed by atoms with E-state index in [-0.39, 0.29) is 72.8 Å². The number of fused-ring (bicyclic) bond motifs is 2. The van der Waals surface area contributed by atoms with Gasteiger partial charge in [-0.05, 0) is 85.0 Å². The third-order valence-corrected chi connectivity index (χ3v) is 13.2. The number of nitrogens with zero attached hydrogens (tertiary/aromatic N) is 2. The predicted molar refractivity (Wildman–Crippen MR) is 262 cm³/mol. The Morgan fingerprint density at radius 2 is 0.844 bits per heavy atom. The molecule has 0 unspecified atom stereocenters. The van der Waals surface area contributed by atoms with Gasteiger partial charge < -0.3 is 41.3 Å². The fraction of sp³-hybridized carbons (Fsp3) is 0.692.